The molecular formula is C17H23FN4O3. The van der Waals surface area contributed by atoms with E-state index in [0.717, 1.165) is 12.8 Å². The predicted octanol–water partition coefficient (Wildman–Crippen LogP) is 1.63. The number of aliphatic hydroxyl groups is 1. The van der Waals surface area contributed by atoms with Crippen molar-refractivity contribution in [3.63, 3.8) is 0 Å². The van der Waals surface area contributed by atoms with Crippen LogP contribution in [0.2, 0.25) is 0 Å². The molecule has 1 aromatic carbocycles. The summed E-state index contributed by atoms with van der Waals surface area (Å²) in [6, 6.07) is 4.08. The molecule has 8 heteroatoms. The molecule has 3 rings (SSSR count). The lowest BCUT2D eigenvalue weighted by Gasteiger charge is -2.35. The summed E-state index contributed by atoms with van der Waals surface area (Å²) >= 11 is 0. The highest BCUT2D eigenvalue weighted by Gasteiger charge is 2.32. The van der Waals surface area contributed by atoms with Gasteiger partial charge in [-0.05, 0) is 31.0 Å². The molecule has 3 N–H and O–H groups in total. The molecule has 136 valence electrons. The van der Waals surface area contributed by atoms with Crippen LogP contribution in [0.25, 0.3) is 11.0 Å². The molecular weight excluding hydrogens is 327 g/mol. The van der Waals surface area contributed by atoms with E-state index in [1.54, 1.807) is 13.1 Å². The SMILES string of the molecule is CN(Cc1nc2ccc(F)cc2[nH]1)C(=O)NCC1(CO)CCOCC1. The predicted molar refractivity (Wildman–Crippen MR) is 90.5 cm³/mol. The average molecular weight is 350 g/mol. The second kappa shape index (κ2) is 7.37. The summed E-state index contributed by atoms with van der Waals surface area (Å²) in [7, 11) is 1.67. The Kier molecular flexibility index (Phi) is 5.19. The number of carbonyl (C=O) groups is 1. The lowest BCUT2D eigenvalue weighted by molar-refractivity contribution is -0.0143. The van der Waals surface area contributed by atoms with Gasteiger partial charge in [0, 0.05) is 32.2 Å². The molecule has 1 saturated heterocycles. The smallest absolute Gasteiger partial charge is 0.317 e. The van der Waals surface area contributed by atoms with E-state index in [9.17, 15) is 14.3 Å². The lowest BCUT2D eigenvalue weighted by Crippen LogP contribution is -2.47. The fraction of sp³-hybridized carbons (Fsp3) is 0.529. The Morgan fingerprint density at radius 3 is 2.96 bits per heavy atom. The van der Waals surface area contributed by atoms with E-state index in [0.29, 0.717) is 36.6 Å². The van der Waals surface area contributed by atoms with E-state index < -0.39 is 0 Å². The molecule has 1 aliphatic heterocycles. The van der Waals surface area contributed by atoms with Crippen molar-refractivity contribution >= 4 is 17.1 Å². The third kappa shape index (κ3) is 4.08. The second-order valence-electron chi connectivity index (χ2n) is 6.63. The summed E-state index contributed by atoms with van der Waals surface area (Å²) in [5.74, 6) is 0.251. The summed E-state index contributed by atoms with van der Waals surface area (Å²) in [6.45, 7) is 1.90. The van der Waals surface area contributed by atoms with E-state index in [2.05, 4.69) is 15.3 Å². The first-order valence-electron chi connectivity index (χ1n) is 8.33. The summed E-state index contributed by atoms with van der Waals surface area (Å²) < 4.78 is 18.6. The third-order valence-corrected chi connectivity index (χ3v) is 4.73. The highest BCUT2D eigenvalue weighted by molar-refractivity contribution is 5.76. The first kappa shape index (κ1) is 17.6. The minimum absolute atomic E-state index is 0.0233. The van der Waals surface area contributed by atoms with E-state index in [-0.39, 0.29) is 30.4 Å². The van der Waals surface area contributed by atoms with Crippen LogP contribution in [0.4, 0.5) is 9.18 Å². The Morgan fingerprint density at radius 2 is 2.24 bits per heavy atom. The molecule has 0 aliphatic carbocycles. The first-order chi connectivity index (χ1) is 12.0. The number of carbonyl (C=O) groups excluding carboxylic acids is 1. The molecule has 0 bridgehead atoms. The Hall–Kier alpha value is -2.19. The molecule has 1 fully saturated rings. The number of nitrogens with zero attached hydrogens (tertiary/aromatic N) is 2. The van der Waals surface area contributed by atoms with Crippen LogP contribution in [-0.2, 0) is 11.3 Å². The Bertz CT molecular complexity index is 743. The number of hydrogen-bond acceptors (Lipinski definition) is 4. The van der Waals surface area contributed by atoms with Crippen molar-refractivity contribution in [1.29, 1.82) is 0 Å². The van der Waals surface area contributed by atoms with Gasteiger partial charge in [-0.3, -0.25) is 0 Å². The monoisotopic (exact) mass is 350 g/mol. The average Bonchev–Trinajstić information content (AvgIpc) is 3.01. The Balaban J connectivity index is 1.58. The van der Waals surface area contributed by atoms with Crippen LogP contribution < -0.4 is 5.32 Å². The number of urea groups is 1. The number of H-pyrrole nitrogens is 1. The molecule has 2 amide bonds. The number of imidazole rings is 1. The number of aromatic amines is 1. The van der Waals surface area contributed by atoms with Crippen LogP contribution in [0.5, 0.6) is 0 Å². The van der Waals surface area contributed by atoms with Gasteiger partial charge in [-0.25, -0.2) is 14.2 Å². The summed E-state index contributed by atoms with van der Waals surface area (Å²) in [6.07, 6.45) is 1.45. The molecule has 1 aromatic heterocycles. The van der Waals surface area contributed by atoms with Crippen molar-refractivity contribution in [2.45, 2.75) is 19.4 Å². The van der Waals surface area contributed by atoms with Crippen molar-refractivity contribution in [3.8, 4) is 0 Å². The van der Waals surface area contributed by atoms with Gasteiger partial charge in [-0.1, -0.05) is 0 Å². The Morgan fingerprint density at radius 1 is 1.48 bits per heavy atom. The number of fused-ring (bicyclic) bond motifs is 1. The maximum atomic E-state index is 13.2. The van der Waals surface area contributed by atoms with Gasteiger partial charge in [0.2, 0.25) is 0 Å². The zero-order valence-corrected chi connectivity index (χ0v) is 14.2. The summed E-state index contributed by atoms with van der Waals surface area (Å²) in [5, 5.41) is 12.5. The molecule has 0 saturated carbocycles. The second-order valence-corrected chi connectivity index (χ2v) is 6.63. The zero-order valence-electron chi connectivity index (χ0n) is 14.2. The van der Waals surface area contributed by atoms with Crippen molar-refractivity contribution in [3.05, 3.63) is 29.8 Å². The van der Waals surface area contributed by atoms with Crippen LogP contribution in [-0.4, -0.2) is 59.4 Å². The van der Waals surface area contributed by atoms with Crippen molar-refractivity contribution in [2.24, 2.45) is 5.41 Å². The number of rotatable bonds is 5. The number of amides is 2. The third-order valence-electron chi connectivity index (χ3n) is 4.73. The topological polar surface area (TPSA) is 90.5 Å². The van der Waals surface area contributed by atoms with Crippen LogP contribution >= 0.6 is 0 Å². The first-order valence-corrected chi connectivity index (χ1v) is 8.33. The molecule has 0 atom stereocenters. The van der Waals surface area contributed by atoms with E-state index in [4.69, 9.17) is 4.74 Å². The Labute approximate surface area is 145 Å². The number of nitrogens with one attached hydrogen (secondary N) is 2. The van der Waals surface area contributed by atoms with Gasteiger partial charge < -0.3 is 25.0 Å². The highest BCUT2D eigenvalue weighted by Crippen LogP contribution is 2.29. The van der Waals surface area contributed by atoms with Crippen molar-refractivity contribution in [2.75, 3.05) is 33.4 Å². The number of halogens is 1. The van der Waals surface area contributed by atoms with Gasteiger partial charge in [0.25, 0.3) is 0 Å². The minimum Gasteiger partial charge on any atom is -0.396 e. The van der Waals surface area contributed by atoms with Gasteiger partial charge in [0.05, 0.1) is 24.2 Å². The van der Waals surface area contributed by atoms with E-state index in [1.165, 1.54) is 17.0 Å². The molecule has 0 unspecified atom stereocenters. The number of hydrogen-bond donors (Lipinski definition) is 3. The molecule has 2 heterocycles. The summed E-state index contributed by atoms with van der Waals surface area (Å²) in [5.41, 5.74) is 0.947. The molecule has 25 heavy (non-hydrogen) atoms. The quantitative estimate of drug-likeness (QED) is 0.764. The normalized spacial score (nSPS) is 16.8. The minimum atomic E-state index is -0.334. The van der Waals surface area contributed by atoms with Gasteiger partial charge in [-0.15, -0.1) is 0 Å². The summed E-state index contributed by atoms with van der Waals surface area (Å²) in [4.78, 5) is 21.2. The molecule has 0 radical (unpaired) electrons. The van der Waals surface area contributed by atoms with Crippen LogP contribution in [0.1, 0.15) is 18.7 Å². The molecule has 1 aliphatic rings. The maximum Gasteiger partial charge on any atom is 0.317 e. The van der Waals surface area contributed by atoms with Gasteiger partial charge in [0.1, 0.15) is 11.6 Å². The number of ether oxygens (including phenoxy) is 1. The van der Waals surface area contributed by atoms with Crippen LogP contribution in [0.3, 0.4) is 0 Å². The van der Waals surface area contributed by atoms with Crippen molar-refractivity contribution in [1.82, 2.24) is 20.2 Å². The van der Waals surface area contributed by atoms with Gasteiger partial charge in [0.15, 0.2) is 0 Å². The zero-order chi connectivity index (χ0) is 17.9. The fourth-order valence-corrected chi connectivity index (χ4v) is 3.00. The number of aromatic nitrogens is 2. The fourth-order valence-electron chi connectivity index (χ4n) is 3.00. The van der Waals surface area contributed by atoms with Gasteiger partial charge in [-0.2, -0.15) is 0 Å². The molecule has 7 nitrogen and oxygen atoms in total. The van der Waals surface area contributed by atoms with Crippen LogP contribution in [0.15, 0.2) is 18.2 Å². The lowest BCUT2D eigenvalue weighted by atomic mass is 9.81. The largest absolute Gasteiger partial charge is 0.396 e. The molecule has 2 aromatic rings. The number of benzene rings is 1. The highest BCUT2D eigenvalue weighted by atomic mass is 19.1. The molecule has 0 spiro atoms. The number of aliphatic hydroxyl groups excluding tert-OH is 1. The van der Waals surface area contributed by atoms with E-state index in [1.807, 2.05) is 0 Å². The maximum absolute atomic E-state index is 13.2. The standard InChI is InChI=1S/C17H23FN4O3/c1-22(9-15-20-13-3-2-12(18)8-14(13)21-15)16(24)19-10-17(11-23)4-6-25-7-5-17/h2-3,8,23H,4-7,9-11H2,1H3,(H,19,24)(H,20,21). The van der Waals surface area contributed by atoms with Gasteiger partial charge >= 0.3 is 6.03 Å². The van der Waals surface area contributed by atoms with Crippen molar-refractivity contribution < 1.29 is 19.0 Å². The van der Waals surface area contributed by atoms with Crippen LogP contribution in [0, 0.1) is 11.2 Å². The van der Waals surface area contributed by atoms with E-state index >= 15 is 0 Å².